The standard InChI is InChI=1S/C12H15NO6S/c1-7-4-5-10(9(6-7)12(16)19-3)13-20(17,18)8(2)11(14)15/h4-6,8,13H,1-3H3,(H,14,15). The van der Waals surface area contributed by atoms with Gasteiger partial charge in [-0.25, -0.2) is 13.2 Å². The van der Waals surface area contributed by atoms with Crippen molar-refractivity contribution in [2.75, 3.05) is 11.8 Å². The van der Waals surface area contributed by atoms with E-state index in [-0.39, 0.29) is 11.3 Å². The first-order chi connectivity index (χ1) is 9.19. The molecule has 0 spiro atoms. The van der Waals surface area contributed by atoms with Crippen LogP contribution in [-0.2, 0) is 19.6 Å². The summed E-state index contributed by atoms with van der Waals surface area (Å²) in [5.41, 5.74) is 0.740. The van der Waals surface area contributed by atoms with Crippen LogP contribution < -0.4 is 4.72 Å². The summed E-state index contributed by atoms with van der Waals surface area (Å²) in [5.74, 6) is -2.20. The zero-order chi connectivity index (χ0) is 15.5. The van der Waals surface area contributed by atoms with Gasteiger partial charge in [0.2, 0.25) is 10.0 Å². The zero-order valence-electron chi connectivity index (χ0n) is 11.2. The van der Waals surface area contributed by atoms with E-state index >= 15 is 0 Å². The molecule has 1 rings (SSSR count). The summed E-state index contributed by atoms with van der Waals surface area (Å²) in [6.45, 7) is 2.77. The molecule has 0 radical (unpaired) electrons. The van der Waals surface area contributed by atoms with E-state index in [1.807, 2.05) is 0 Å². The van der Waals surface area contributed by atoms with Crippen molar-refractivity contribution in [3.05, 3.63) is 29.3 Å². The first-order valence-electron chi connectivity index (χ1n) is 5.62. The van der Waals surface area contributed by atoms with Gasteiger partial charge in [0, 0.05) is 0 Å². The maximum absolute atomic E-state index is 11.8. The van der Waals surface area contributed by atoms with Crippen LogP contribution in [0.25, 0.3) is 0 Å². The Kier molecular flexibility index (Phi) is 4.72. The van der Waals surface area contributed by atoms with E-state index in [0.717, 1.165) is 12.5 Å². The Bertz CT molecular complexity index is 637. The molecule has 20 heavy (non-hydrogen) atoms. The molecule has 110 valence electrons. The maximum Gasteiger partial charge on any atom is 0.340 e. The number of rotatable bonds is 5. The van der Waals surface area contributed by atoms with Crippen molar-refractivity contribution in [1.82, 2.24) is 0 Å². The normalized spacial score (nSPS) is 12.6. The van der Waals surface area contributed by atoms with Gasteiger partial charge in [-0.05, 0) is 26.0 Å². The van der Waals surface area contributed by atoms with Gasteiger partial charge in [0.05, 0.1) is 18.4 Å². The molecule has 0 aliphatic heterocycles. The van der Waals surface area contributed by atoms with Crippen molar-refractivity contribution in [3.63, 3.8) is 0 Å². The number of benzene rings is 1. The fourth-order valence-corrected chi connectivity index (χ4v) is 2.33. The predicted octanol–water partition coefficient (Wildman–Crippen LogP) is 0.996. The third kappa shape index (κ3) is 3.47. The average molecular weight is 301 g/mol. The van der Waals surface area contributed by atoms with E-state index in [1.165, 1.54) is 19.2 Å². The quantitative estimate of drug-likeness (QED) is 0.785. The van der Waals surface area contributed by atoms with Gasteiger partial charge in [-0.15, -0.1) is 0 Å². The molecular weight excluding hydrogens is 286 g/mol. The zero-order valence-corrected chi connectivity index (χ0v) is 12.0. The fraction of sp³-hybridized carbons (Fsp3) is 0.333. The van der Waals surface area contributed by atoms with Gasteiger partial charge in [-0.2, -0.15) is 0 Å². The molecule has 0 bridgehead atoms. The molecular formula is C12H15NO6S. The number of carbonyl (C=O) groups excluding carboxylic acids is 1. The number of aryl methyl sites for hydroxylation is 1. The summed E-state index contributed by atoms with van der Waals surface area (Å²) >= 11 is 0. The summed E-state index contributed by atoms with van der Waals surface area (Å²) in [7, 11) is -2.98. The number of nitrogens with one attached hydrogen (secondary N) is 1. The predicted molar refractivity (Wildman–Crippen MR) is 72.2 cm³/mol. The number of esters is 1. The second-order valence-electron chi connectivity index (χ2n) is 4.17. The second kappa shape index (κ2) is 5.91. The topological polar surface area (TPSA) is 110 Å². The van der Waals surface area contributed by atoms with Crippen molar-refractivity contribution in [3.8, 4) is 0 Å². The molecule has 0 saturated carbocycles. The first kappa shape index (κ1) is 16.0. The highest BCUT2D eigenvalue weighted by Crippen LogP contribution is 2.21. The number of carboxylic acid groups (broad SMARTS) is 1. The summed E-state index contributed by atoms with van der Waals surface area (Å²) < 4.78 is 30.4. The largest absolute Gasteiger partial charge is 0.480 e. The number of sulfonamides is 1. The molecule has 0 heterocycles. The maximum atomic E-state index is 11.8. The first-order valence-corrected chi connectivity index (χ1v) is 7.17. The van der Waals surface area contributed by atoms with Crippen molar-refractivity contribution in [1.29, 1.82) is 0 Å². The molecule has 1 atom stereocenters. The Labute approximate surface area is 116 Å². The lowest BCUT2D eigenvalue weighted by atomic mass is 10.1. The fourth-order valence-electron chi connectivity index (χ4n) is 1.40. The molecule has 1 aromatic carbocycles. The van der Waals surface area contributed by atoms with Gasteiger partial charge < -0.3 is 9.84 Å². The summed E-state index contributed by atoms with van der Waals surface area (Å²) in [6.07, 6.45) is 0. The van der Waals surface area contributed by atoms with Crippen LogP contribution in [0.15, 0.2) is 18.2 Å². The van der Waals surface area contributed by atoms with Crippen LogP contribution >= 0.6 is 0 Å². The summed E-state index contributed by atoms with van der Waals surface area (Å²) in [5, 5.41) is 7.11. The van der Waals surface area contributed by atoms with Gasteiger partial charge in [0.1, 0.15) is 0 Å². The Morgan fingerprint density at radius 2 is 1.95 bits per heavy atom. The van der Waals surface area contributed by atoms with Crippen molar-refractivity contribution in [2.45, 2.75) is 19.1 Å². The van der Waals surface area contributed by atoms with Gasteiger partial charge in [-0.3, -0.25) is 9.52 Å². The van der Waals surface area contributed by atoms with Crippen LogP contribution in [0.5, 0.6) is 0 Å². The Balaban J connectivity index is 3.22. The molecule has 0 amide bonds. The molecule has 0 saturated heterocycles. The lowest BCUT2D eigenvalue weighted by molar-refractivity contribution is -0.136. The van der Waals surface area contributed by atoms with E-state index in [4.69, 9.17) is 5.11 Å². The number of carboxylic acids is 1. The summed E-state index contributed by atoms with van der Waals surface area (Å²) in [6, 6.07) is 4.43. The van der Waals surface area contributed by atoms with Crippen LogP contribution in [0, 0.1) is 6.92 Å². The molecule has 0 aliphatic rings. The molecule has 1 aromatic rings. The third-order valence-electron chi connectivity index (χ3n) is 2.65. The number of ether oxygens (including phenoxy) is 1. The second-order valence-corrected chi connectivity index (χ2v) is 6.17. The molecule has 1 unspecified atom stereocenters. The van der Waals surface area contributed by atoms with Crippen LogP contribution in [-0.4, -0.2) is 37.8 Å². The lowest BCUT2D eigenvalue weighted by Gasteiger charge is -2.14. The van der Waals surface area contributed by atoms with Crippen molar-refractivity contribution >= 4 is 27.6 Å². The van der Waals surface area contributed by atoms with Crippen molar-refractivity contribution < 1.29 is 27.9 Å². The number of anilines is 1. The molecule has 0 aromatic heterocycles. The monoisotopic (exact) mass is 301 g/mol. The SMILES string of the molecule is COC(=O)c1cc(C)ccc1NS(=O)(=O)C(C)C(=O)O. The van der Waals surface area contributed by atoms with Gasteiger partial charge >= 0.3 is 11.9 Å². The van der Waals surface area contributed by atoms with E-state index < -0.39 is 27.2 Å². The average Bonchev–Trinajstić information content (AvgIpc) is 2.38. The van der Waals surface area contributed by atoms with Crippen LogP contribution in [0.1, 0.15) is 22.8 Å². The van der Waals surface area contributed by atoms with Crippen molar-refractivity contribution in [2.24, 2.45) is 0 Å². The highest BCUT2D eigenvalue weighted by atomic mass is 32.2. The highest BCUT2D eigenvalue weighted by Gasteiger charge is 2.29. The number of hydrogen-bond acceptors (Lipinski definition) is 5. The van der Waals surface area contributed by atoms with Gasteiger partial charge in [0.25, 0.3) is 0 Å². The minimum Gasteiger partial charge on any atom is -0.480 e. The number of carbonyl (C=O) groups is 2. The smallest absolute Gasteiger partial charge is 0.340 e. The molecule has 0 fully saturated rings. The van der Waals surface area contributed by atoms with Crippen LogP contribution in [0.4, 0.5) is 5.69 Å². The summed E-state index contributed by atoms with van der Waals surface area (Å²) in [4.78, 5) is 22.4. The molecule has 8 heteroatoms. The molecule has 0 aliphatic carbocycles. The number of hydrogen-bond donors (Lipinski definition) is 2. The van der Waals surface area contributed by atoms with Crippen LogP contribution in [0.2, 0.25) is 0 Å². The lowest BCUT2D eigenvalue weighted by Crippen LogP contribution is -2.32. The third-order valence-corrected chi connectivity index (χ3v) is 4.28. The Morgan fingerprint density at radius 3 is 2.45 bits per heavy atom. The molecule has 7 nitrogen and oxygen atoms in total. The van der Waals surface area contributed by atoms with Gasteiger partial charge in [-0.1, -0.05) is 11.6 Å². The number of aliphatic carboxylic acids is 1. The van der Waals surface area contributed by atoms with E-state index in [9.17, 15) is 18.0 Å². The van der Waals surface area contributed by atoms with Crippen LogP contribution in [0.3, 0.4) is 0 Å². The van der Waals surface area contributed by atoms with E-state index in [2.05, 4.69) is 9.46 Å². The minimum absolute atomic E-state index is 0.0180. The van der Waals surface area contributed by atoms with E-state index in [1.54, 1.807) is 13.0 Å². The highest BCUT2D eigenvalue weighted by molar-refractivity contribution is 7.94. The minimum atomic E-state index is -4.15. The van der Waals surface area contributed by atoms with E-state index in [0.29, 0.717) is 0 Å². The van der Waals surface area contributed by atoms with Gasteiger partial charge in [0.15, 0.2) is 5.25 Å². The number of methoxy groups -OCH3 is 1. The molecule has 2 N–H and O–H groups in total. The Morgan fingerprint density at radius 1 is 1.35 bits per heavy atom. The Hall–Kier alpha value is -2.09.